The second kappa shape index (κ2) is 5.55. The summed E-state index contributed by atoms with van der Waals surface area (Å²) in [5, 5.41) is 16.7. The lowest BCUT2D eigenvalue weighted by atomic mass is 10.3. The van der Waals surface area contributed by atoms with Crippen molar-refractivity contribution in [2.24, 2.45) is 0 Å². The summed E-state index contributed by atoms with van der Waals surface area (Å²) in [5.41, 5.74) is -0.0150. The molecule has 19 heavy (non-hydrogen) atoms. The summed E-state index contributed by atoms with van der Waals surface area (Å²) in [6, 6.07) is 2.54. The van der Waals surface area contributed by atoms with Gasteiger partial charge in [-0.1, -0.05) is 0 Å². The summed E-state index contributed by atoms with van der Waals surface area (Å²) in [7, 11) is 1.17. The average molecular weight is 279 g/mol. The SMILES string of the molecule is COC(=N)C(=N)Nc1ccc(OC(F)(F)F)c(F)c1. The van der Waals surface area contributed by atoms with E-state index in [0.717, 1.165) is 12.1 Å². The van der Waals surface area contributed by atoms with E-state index in [0.29, 0.717) is 6.07 Å². The quantitative estimate of drug-likeness (QED) is 0.442. The summed E-state index contributed by atoms with van der Waals surface area (Å²) < 4.78 is 56.9. The number of rotatable bonds is 2. The number of alkyl halides is 3. The molecule has 0 bridgehead atoms. The van der Waals surface area contributed by atoms with Crippen LogP contribution in [-0.4, -0.2) is 25.2 Å². The van der Waals surface area contributed by atoms with Crippen LogP contribution < -0.4 is 10.1 Å². The van der Waals surface area contributed by atoms with Gasteiger partial charge in [-0.05, 0) is 12.1 Å². The first kappa shape index (κ1) is 14.7. The third kappa shape index (κ3) is 4.45. The Balaban J connectivity index is 2.83. The number of hydrogen-bond acceptors (Lipinski definition) is 4. The molecule has 0 atom stereocenters. The Bertz CT molecular complexity index is 502. The van der Waals surface area contributed by atoms with Gasteiger partial charge < -0.3 is 14.8 Å². The van der Waals surface area contributed by atoms with Gasteiger partial charge in [0.05, 0.1) is 7.11 Å². The maximum atomic E-state index is 13.3. The molecule has 1 aromatic rings. The van der Waals surface area contributed by atoms with Crippen LogP contribution in [0, 0.1) is 16.6 Å². The normalized spacial score (nSPS) is 10.8. The highest BCUT2D eigenvalue weighted by Crippen LogP contribution is 2.27. The molecule has 9 heteroatoms. The van der Waals surface area contributed by atoms with E-state index in [9.17, 15) is 17.6 Å². The van der Waals surface area contributed by atoms with Crippen molar-refractivity contribution in [3.8, 4) is 5.75 Å². The van der Waals surface area contributed by atoms with E-state index in [2.05, 4.69) is 14.8 Å². The van der Waals surface area contributed by atoms with Gasteiger partial charge in [0.15, 0.2) is 17.4 Å². The number of methoxy groups -OCH3 is 1. The maximum Gasteiger partial charge on any atom is 0.573 e. The fourth-order valence-corrected chi connectivity index (χ4v) is 1.09. The minimum atomic E-state index is -4.99. The topological polar surface area (TPSA) is 78.2 Å². The summed E-state index contributed by atoms with van der Waals surface area (Å²) >= 11 is 0. The van der Waals surface area contributed by atoms with Crippen molar-refractivity contribution in [2.75, 3.05) is 12.4 Å². The fraction of sp³-hybridized carbons (Fsp3) is 0.200. The third-order valence-electron chi connectivity index (χ3n) is 1.86. The van der Waals surface area contributed by atoms with Gasteiger partial charge >= 0.3 is 6.36 Å². The van der Waals surface area contributed by atoms with E-state index in [-0.39, 0.29) is 5.69 Å². The van der Waals surface area contributed by atoms with Crippen molar-refractivity contribution in [3.05, 3.63) is 24.0 Å². The van der Waals surface area contributed by atoms with Crippen LogP contribution in [0.3, 0.4) is 0 Å². The summed E-state index contributed by atoms with van der Waals surface area (Å²) in [6.45, 7) is 0. The third-order valence-corrected chi connectivity index (χ3v) is 1.86. The molecule has 5 nitrogen and oxygen atoms in total. The Morgan fingerprint density at radius 3 is 2.37 bits per heavy atom. The van der Waals surface area contributed by atoms with Crippen molar-refractivity contribution >= 4 is 17.4 Å². The summed E-state index contributed by atoms with van der Waals surface area (Å²) in [4.78, 5) is 0. The summed E-state index contributed by atoms with van der Waals surface area (Å²) in [6.07, 6.45) is -4.99. The number of nitrogens with one attached hydrogen (secondary N) is 3. The van der Waals surface area contributed by atoms with Gasteiger partial charge in [-0.2, -0.15) is 0 Å². The smallest absolute Gasteiger partial charge is 0.479 e. The van der Waals surface area contributed by atoms with Crippen LogP contribution in [0.4, 0.5) is 23.2 Å². The van der Waals surface area contributed by atoms with Gasteiger partial charge in [0.2, 0.25) is 5.90 Å². The molecule has 0 aromatic heterocycles. The molecule has 3 N–H and O–H groups in total. The molecule has 0 saturated carbocycles. The molecule has 104 valence electrons. The highest BCUT2D eigenvalue weighted by atomic mass is 19.4. The van der Waals surface area contributed by atoms with Crippen LogP contribution >= 0.6 is 0 Å². The maximum absolute atomic E-state index is 13.3. The molecule has 0 spiro atoms. The van der Waals surface area contributed by atoms with Crippen molar-refractivity contribution in [3.63, 3.8) is 0 Å². The minimum absolute atomic E-state index is 0.0150. The van der Waals surface area contributed by atoms with Gasteiger partial charge in [-0.15, -0.1) is 13.2 Å². The molecule has 1 rings (SSSR count). The second-order valence-corrected chi connectivity index (χ2v) is 3.23. The van der Waals surface area contributed by atoms with Crippen LogP contribution in [0.5, 0.6) is 5.75 Å². The van der Waals surface area contributed by atoms with Gasteiger partial charge in [-0.25, -0.2) is 4.39 Å². The summed E-state index contributed by atoms with van der Waals surface area (Å²) in [5.74, 6) is -3.20. The molecule has 0 amide bonds. The predicted molar refractivity (Wildman–Crippen MR) is 59.2 cm³/mol. The predicted octanol–water partition coefficient (Wildman–Crippen LogP) is 2.74. The zero-order valence-corrected chi connectivity index (χ0v) is 9.56. The first-order chi connectivity index (χ1) is 8.73. The number of benzene rings is 1. The Labute approximate surface area is 105 Å². The van der Waals surface area contributed by atoms with Gasteiger partial charge in [0, 0.05) is 11.8 Å². The molecule has 0 unspecified atom stereocenters. The van der Waals surface area contributed by atoms with Crippen molar-refractivity contribution in [1.29, 1.82) is 10.8 Å². The molecule has 1 aromatic carbocycles. The van der Waals surface area contributed by atoms with Gasteiger partial charge in [-0.3, -0.25) is 10.8 Å². The van der Waals surface area contributed by atoms with E-state index in [4.69, 9.17) is 10.8 Å². The molecule has 0 saturated heterocycles. The largest absolute Gasteiger partial charge is 0.573 e. The molecule has 0 aliphatic carbocycles. The fourth-order valence-electron chi connectivity index (χ4n) is 1.09. The zero-order valence-electron chi connectivity index (χ0n) is 9.56. The van der Waals surface area contributed by atoms with Crippen molar-refractivity contribution < 1.29 is 27.0 Å². The van der Waals surface area contributed by atoms with Crippen LogP contribution in [0.15, 0.2) is 18.2 Å². The standard InChI is InChI=1S/C10H9F4N3O2/c1-18-9(16)8(15)17-5-2-3-7(6(11)4-5)19-10(12,13)14/h2-4,16H,1H3,(H2,15,17). The molecule has 0 fully saturated rings. The monoisotopic (exact) mass is 279 g/mol. The number of ether oxygens (including phenoxy) is 2. The average Bonchev–Trinajstić information content (AvgIpc) is 2.30. The van der Waals surface area contributed by atoms with Crippen LogP contribution in [0.25, 0.3) is 0 Å². The number of hydrogen-bond donors (Lipinski definition) is 3. The molecule has 0 heterocycles. The van der Waals surface area contributed by atoms with E-state index < -0.39 is 29.7 Å². The Morgan fingerprint density at radius 1 is 1.26 bits per heavy atom. The second-order valence-electron chi connectivity index (χ2n) is 3.23. The Hall–Kier alpha value is -2.32. The van der Waals surface area contributed by atoms with E-state index in [1.54, 1.807) is 0 Å². The minimum Gasteiger partial charge on any atom is -0.479 e. The lowest BCUT2D eigenvalue weighted by Crippen LogP contribution is -2.22. The molecular formula is C10H9F4N3O2. The van der Waals surface area contributed by atoms with Crippen LogP contribution in [-0.2, 0) is 4.74 Å². The van der Waals surface area contributed by atoms with Crippen molar-refractivity contribution in [2.45, 2.75) is 6.36 Å². The molecule has 0 aliphatic heterocycles. The van der Waals surface area contributed by atoms with E-state index in [1.807, 2.05) is 0 Å². The lowest BCUT2D eigenvalue weighted by molar-refractivity contribution is -0.275. The zero-order chi connectivity index (χ0) is 14.6. The number of anilines is 1. The Morgan fingerprint density at radius 2 is 1.89 bits per heavy atom. The highest BCUT2D eigenvalue weighted by molar-refractivity contribution is 6.39. The first-order valence-electron chi connectivity index (χ1n) is 4.76. The van der Waals surface area contributed by atoms with E-state index in [1.165, 1.54) is 7.11 Å². The van der Waals surface area contributed by atoms with Crippen molar-refractivity contribution in [1.82, 2.24) is 0 Å². The number of amidine groups is 1. The van der Waals surface area contributed by atoms with E-state index >= 15 is 0 Å². The Kier molecular flexibility index (Phi) is 4.30. The van der Waals surface area contributed by atoms with Gasteiger partial charge in [0.25, 0.3) is 0 Å². The molecule has 0 radical (unpaired) electrons. The van der Waals surface area contributed by atoms with Gasteiger partial charge in [0.1, 0.15) is 0 Å². The number of halogens is 4. The molecule has 0 aliphatic rings. The van der Waals surface area contributed by atoms with Crippen LogP contribution in [0.1, 0.15) is 0 Å². The molecular weight excluding hydrogens is 270 g/mol. The van der Waals surface area contributed by atoms with Crippen LogP contribution in [0.2, 0.25) is 0 Å². The highest BCUT2D eigenvalue weighted by Gasteiger charge is 2.32. The lowest BCUT2D eigenvalue weighted by Gasteiger charge is -2.12. The first-order valence-corrected chi connectivity index (χ1v) is 4.76.